The number of aliphatic carboxylic acids is 1. The Labute approximate surface area is 112 Å². The summed E-state index contributed by atoms with van der Waals surface area (Å²) in [4.78, 5) is 23.0. The first-order valence-corrected chi connectivity index (χ1v) is 6.02. The van der Waals surface area contributed by atoms with Crippen molar-refractivity contribution in [2.75, 3.05) is 0 Å². The normalized spacial score (nSPS) is 12.8. The Morgan fingerprint density at radius 1 is 1.21 bits per heavy atom. The van der Waals surface area contributed by atoms with Crippen LogP contribution in [-0.4, -0.2) is 28.1 Å². The highest BCUT2D eigenvalue weighted by molar-refractivity contribution is 5.86. The van der Waals surface area contributed by atoms with E-state index in [-0.39, 0.29) is 18.1 Å². The summed E-state index contributed by atoms with van der Waals surface area (Å²) in [5.41, 5.74) is 0.0993. The van der Waals surface area contributed by atoms with Crippen LogP contribution in [0.3, 0.4) is 0 Å². The minimum atomic E-state index is -1.08. The van der Waals surface area contributed by atoms with Gasteiger partial charge in [0, 0.05) is 11.8 Å². The van der Waals surface area contributed by atoms with Gasteiger partial charge in [0.05, 0.1) is 0 Å². The number of hydrogen-bond donors (Lipinski definition) is 3. The van der Waals surface area contributed by atoms with Gasteiger partial charge in [-0.05, 0) is 17.7 Å². The minimum Gasteiger partial charge on any atom is -0.508 e. The summed E-state index contributed by atoms with van der Waals surface area (Å²) in [5, 5.41) is 20.8. The number of rotatable bonds is 4. The second kappa shape index (κ2) is 5.73. The van der Waals surface area contributed by atoms with E-state index in [0.717, 1.165) is 5.56 Å². The van der Waals surface area contributed by atoms with Crippen LogP contribution in [0.15, 0.2) is 24.3 Å². The standard InChI is InChI=1S/C14H19NO4/c1-14(2,3)13(19)15-11(12(17)18)8-9-4-6-10(16)7-5-9/h4-7,11,16H,8H2,1-3H3,(H,15,19)(H,17,18)/t11-/m1/s1. The number of aromatic hydroxyl groups is 1. The molecule has 0 unspecified atom stereocenters. The van der Waals surface area contributed by atoms with Crippen LogP contribution in [0, 0.1) is 5.41 Å². The largest absolute Gasteiger partial charge is 0.508 e. The molecular weight excluding hydrogens is 246 g/mol. The Morgan fingerprint density at radius 2 is 1.74 bits per heavy atom. The molecule has 1 atom stereocenters. The molecule has 19 heavy (non-hydrogen) atoms. The van der Waals surface area contributed by atoms with Crippen molar-refractivity contribution in [3.8, 4) is 5.75 Å². The van der Waals surface area contributed by atoms with E-state index < -0.39 is 17.4 Å². The van der Waals surface area contributed by atoms with Gasteiger partial charge in [0.15, 0.2) is 0 Å². The highest BCUT2D eigenvalue weighted by Crippen LogP contribution is 2.15. The van der Waals surface area contributed by atoms with Gasteiger partial charge in [-0.15, -0.1) is 0 Å². The predicted octanol–water partition coefficient (Wildman–Crippen LogP) is 1.55. The molecule has 0 saturated heterocycles. The fraction of sp³-hybridized carbons (Fsp3) is 0.429. The first-order chi connectivity index (χ1) is 8.70. The van der Waals surface area contributed by atoms with Gasteiger partial charge in [0.1, 0.15) is 11.8 Å². The van der Waals surface area contributed by atoms with E-state index >= 15 is 0 Å². The molecule has 0 heterocycles. The molecule has 5 nitrogen and oxygen atoms in total. The Hall–Kier alpha value is -2.04. The van der Waals surface area contributed by atoms with Crippen LogP contribution in [0.25, 0.3) is 0 Å². The number of benzene rings is 1. The Balaban J connectivity index is 2.77. The summed E-state index contributed by atoms with van der Waals surface area (Å²) in [6.45, 7) is 5.17. The second-order valence-electron chi connectivity index (χ2n) is 5.48. The molecule has 1 amide bonds. The smallest absolute Gasteiger partial charge is 0.326 e. The van der Waals surface area contributed by atoms with Crippen LogP contribution in [0.1, 0.15) is 26.3 Å². The number of nitrogens with one attached hydrogen (secondary N) is 1. The summed E-state index contributed by atoms with van der Waals surface area (Å²) in [6, 6.07) is 5.26. The summed E-state index contributed by atoms with van der Waals surface area (Å²) in [7, 11) is 0. The van der Waals surface area contributed by atoms with E-state index in [1.165, 1.54) is 12.1 Å². The number of carboxylic acid groups (broad SMARTS) is 1. The fourth-order valence-electron chi connectivity index (χ4n) is 1.44. The molecule has 0 radical (unpaired) electrons. The van der Waals surface area contributed by atoms with Gasteiger partial charge < -0.3 is 15.5 Å². The van der Waals surface area contributed by atoms with Crippen molar-refractivity contribution in [1.29, 1.82) is 0 Å². The number of hydrogen-bond acceptors (Lipinski definition) is 3. The molecule has 0 saturated carbocycles. The van der Waals surface area contributed by atoms with Gasteiger partial charge in [-0.2, -0.15) is 0 Å². The lowest BCUT2D eigenvalue weighted by atomic mass is 9.94. The second-order valence-corrected chi connectivity index (χ2v) is 5.48. The summed E-state index contributed by atoms with van der Waals surface area (Å²) >= 11 is 0. The van der Waals surface area contributed by atoms with Gasteiger partial charge in [-0.25, -0.2) is 4.79 Å². The molecule has 1 rings (SSSR count). The van der Waals surface area contributed by atoms with Crippen molar-refractivity contribution in [2.24, 2.45) is 5.41 Å². The molecule has 0 aromatic heterocycles. The minimum absolute atomic E-state index is 0.120. The van der Waals surface area contributed by atoms with E-state index in [2.05, 4.69) is 5.32 Å². The monoisotopic (exact) mass is 265 g/mol. The van der Waals surface area contributed by atoms with Gasteiger partial charge in [-0.1, -0.05) is 32.9 Å². The quantitative estimate of drug-likeness (QED) is 0.771. The van der Waals surface area contributed by atoms with Crippen molar-refractivity contribution in [3.63, 3.8) is 0 Å². The third-order valence-electron chi connectivity index (χ3n) is 2.66. The number of carbonyl (C=O) groups excluding carboxylic acids is 1. The zero-order valence-electron chi connectivity index (χ0n) is 11.3. The molecule has 3 N–H and O–H groups in total. The van der Waals surface area contributed by atoms with Crippen LogP contribution in [0.2, 0.25) is 0 Å². The first-order valence-electron chi connectivity index (χ1n) is 6.02. The van der Waals surface area contributed by atoms with Crippen molar-refractivity contribution < 1.29 is 19.8 Å². The molecule has 0 fully saturated rings. The van der Waals surface area contributed by atoms with Gasteiger partial charge in [0.2, 0.25) is 5.91 Å². The van der Waals surface area contributed by atoms with E-state index in [9.17, 15) is 9.59 Å². The highest BCUT2D eigenvalue weighted by Gasteiger charge is 2.27. The lowest BCUT2D eigenvalue weighted by Gasteiger charge is -2.22. The molecule has 0 spiro atoms. The summed E-state index contributed by atoms with van der Waals surface area (Å²) < 4.78 is 0. The molecule has 1 aromatic carbocycles. The van der Waals surface area contributed by atoms with Crippen LogP contribution in [0.4, 0.5) is 0 Å². The predicted molar refractivity (Wildman–Crippen MR) is 70.8 cm³/mol. The molecule has 0 bridgehead atoms. The maximum Gasteiger partial charge on any atom is 0.326 e. The maximum atomic E-state index is 11.8. The molecular formula is C14H19NO4. The number of phenolic OH excluding ortho intramolecular Hbond substituents is 1. The van der Waals surface area contributed by atoms with E-state index in [1.807, 2.05) is 0 Å². The molecule has 0 aliphatic heterocycles. The first kappa shape index (κ1) is 15.0. The van der Waals surface area contributed by atoms with Crippen LogP contribution >= 0.6 is 0 Å². The third kappa shape index (κ3) is 4.62. The Bertz CT molecular complexity index is 459. The number of amides is 1. The summed E-state index contributed by atoms with van der Waals surface area (Å²) in [6.07, 6.45) is 0.178. The molecule has 5 heteroatoms. The molecule has 0 aliphatic rings. The zero-order chi connectivity index (χ0) is 14.6. The van der Waals surface area contributed by atoms with Crippen molar-refractivity contribution in [3.05, 3.63) is 29.8 Å². The summed E-state index contributed by atoms with van der Waals surface area (Å²) in [5.74, 6) is -1.27. The fourth-order valence-corrected chi connectivity index (χ4v) is 1.44. The average Bonchev–Trinajstić information content (AvgIpc) is 2.29. The number of carbonyl (C=O) groups is 2. The number of carboxylic acids is 1. The van der Waals surface area contributed by atoms with Gasteiger partial charge >= 0.3 is 5.97 Å². The van der Waals surface area contributed by atoms with Crippen molar-refractivity contribution >= 4 is 11.9 Å². The zero-order valence-corrected chi connectivity index (χ0v) is 11.3. The highest BCUT2D eigenvalue weighted by atomic mass is 16.4. The van der Waals surface area contributed by atoms with Gasteiger partial charge in [-0.3, -0.25) is 4.79 Å². The van der Waals surface area contributed by atoms with Crippen LogP contribution < -0.4 is 5.32 Å². The maximum absolute atomic E-state index is 11.8. The SMILES string of the molecule is CC(C)(C)C(=O)N[C@H](Cc1ccc(O)cc1)C(=O)O. The Kier molecular flexibility index (Phi) is 4.53. The van der Waals surface area contributed by atoms with E-state index in [0.29, 0.717) is 0 Å². The molecule has 104 valence electrons. The van der Waals surface area contributed by atoms with Gasteiger partial charge in [0.25, 0.3) is 0 Å². The molecule has 0 aliphatic carbocycles. The molecule has 1 aromatic rings. The van der Waals surface area contributed by atoms with E-state index in [1.54, 1.807) is 32.9 Å². The lowest BCUT2D eigenvalue weighted by molar-refractivity contribution is -0.143. The van der Waals surface area contributed by atoms with Crippen LogP contribution in [0.5, 0.6) is 5.75 Å². The average molecular weight is 265 g/mol. The number of phenols is 1. The third-order valence-corrected chi connectivity index (χ3v) is 2.66. The topological polar surface area (TPSA) is 86.6 Å². The Morgan fingerprint density at radius 3 is 2.16 bits per heavy atom. The van der Waals surface area contributed by atoms with Crippen molar-refractivity contribution in [1.82, 2.24) is 5.32 Å². The van der Waals surface area contributed by atoms with E-state index in [4.69, 9.17) is 10.2 Å². The van der Waals surface area contributed by atoms with Crippen LogP contribution in [-0.2, 0) is 16.0 Å². The van der Waals surface area contributed by atoms with Crippen molar-refractivity contribution in [2.45, 2.75) is 33.2 Å². The lowest BCUT2D eigenvalue weighted by Crippen LogP contribution is -2.46.